The molecule has 0 bridgehead atoms. The monoisotopic (exact) mass is 282 g/mol. The molecule has 0 unspecified atom stereocenters. The lowest BCUT2D eigenvalue weighted by Crippen LogP contribution is -2.19. The molecule has 0 N–H and O–H groups in total. The number of ether oxygens (including phenoxy) is 2. The fraction of sp³-hybridized carbons (Fsp3) is 0.400. The summed E-state index contributed by atoms with van der Waals surface area (Å²) >= 11 is 0. The van der Waals surface area contributed by atoms with Gasteiger partial charge in [-0.15, -0.1) is 13.2 Å². The van der Waals surface area contributed by atoms with Gasteiger partial charge in [-0.1, -0.05) is 0 Å². The van der Waals surface area contributed by atoms with Crippen molar-refractivity contribution in [2.24, 2.45) is 0 Å². The molecular formula is C10H7F5N2O2. The average Bonchev–Trinajstić information content (AvgIpc) is 2.25. The van der Waals surface area contributed by atoms with Crippen molar-refractivity contribution in [3.8, 4) is 17.7 Å². The van der Waals surface area contributed by atoms with Crippen LogP contribution in [0.15, 0.2) is 6.07 Å². The number of alkyl halides is 5. The Morgan fingerprint density at radius 2 is 2.05 bits per heavy atom. The molecule has 0 fully saturated rings. The van der Waals surface area contributed by atoms with Crippen LogP contribution < -0.4 is 9.47 Å². The summed E-state index contributed by atoms with van der Waals surface area (Å²) in [5.74, 6) is -1.83. The highest BCUT2D eigenvalue weighted by atomic mass is 19.4. The largest absolute Gasteiger partial charge is 0.573 e. The fourth-order valence-electron chi connectivity index (χ4n) is 1.29. The molecule has 19 heavy (non-hydrogen) atoms. The first-order valence-corrected chi connectivity index (χ1v) is 4.77. The highest BCUT2D eigenvalue weighted by molar-refractivity contribution is 5.43. The van der Waals surface area contributed by atoms with Crippen LogP contribution in [0.5, 0.6) is 11.6 Å². The van der Waals surface area contributed by atoms with Gasteiger partial charge in [0.25, 0.3) is 6.43 Å². The lowest BCUT2D eigenvalue weighted by Gasteiger charge is -2.15. The Bertz CT molecular complexity index is 496. The third-order valence-electron chi connectivity index (χ3n) is 1.94. The molecule has 0 amide bonds. The first kappa shape index (κ1) is 14.9. The molecule has 0 saturated heterocycles. The molecule has 4 nitrogen and oxygen atoms in total. The maximum atomic E-state index is 12.7. The van der Waals surface area contributed by atoms with E-state index in [0.717, 1.165) is 7.11 Å². The third-order valence-corrected chi connectivity index (χ3v) is 1.94. The van der Waals surface area contributed by atoms with Gasteiger partial charge in [-0.3, -0.25) is 0 Å². The second-order valence-electron chi connectivity index (χ2n) is 3.22. The summed E-state index contributed by atoms with van der Waals surface area (Å²) < 4.78 is 69.9. The fourth-order valence-corrected chi connectivity index (χ4v) is 1.29. The zero-order valence-electron chi connectivity index (χ0n) is 9.46. The third kappa shape index (κ3) is 3.94. The van der Waals surface area contributed by atoms with E-state index in [2.05, 4.69) is 14.5 Å². The van der Waals surface area contributed by atoms with Gasteiger partial charge in [0.05, 0.1) is 25.3 Å². The first-order chi connectivity index (χ1) is 8.78. The Hall–Kier alpha value is -2.11. The predicted octanol–water partition coefficient (Wildman–Crippen LogP) is 2.99. The van der Waals surface area contributed by atoms with Crippen molar-refractivity contribution in [1.82, 2.24) is 4.98 Å². The van der Waals surface area contributed by atoms with Crippen molar-refractivity contribution in [2.75, 3.05) is 7.11 Å². The maximum Gasteiger partial charge on any atom is 0.573 e. The Balaban J connectivity index is 3.37. The molecule has 1 aromatic heterocycles. The van der Waals surface area contributed by atoms with E-state index in [1.807, 2.05) is 0 Å². The Morgan fingerprint density at radius 1 is 1.42 bits per heavy atom. The van der Waals surface area contributed by atoms with E-state index < -0.39 is 30.0 Å². The van der Waals surface area contributed by atoms with Gasteiger partial charge in [0.1, 0.15) is 11.3 Å². The molecule has 0 radical (unpaired) electrons. The van der Waals surface area contributed by atoms with Crippen LogP contribution in [0, 0.1) is 11.3 Å². The lowest BCUT2D eigenvalue weighted by atomic mass is 10.2. The van der Waals surface area contributed by atoms with Gasteiger partial charge >= 0.3 is 6.36 Å². The van der Waals surface area contributed by atoms with E-state index in [-0.39, 0.29) is 12.1 Å². The van der Waals surface area contributed by atoms with Gasteiger partial charge in [-0.2, -0.15) is 5.26 Å². The number of nitrogens with zero attached hydrogens (tertiary/aromatic N) is 2. The van der Waals surface area contributed by atoms with E-state index in [1.165, 1.54) is 0 Å². The first-order valence-electron chi connectivity index (χ1n) is 4.77. The zero-order valence-corrected chi connectivity index (χ0v) is 9.46. The van der Waals surface area contributed by atoms with Gasteiger partial charge in [-0.05, 0) is 0 Å². The van der Waals surface area contributed by atoms with E-state index in [1.54, 1.807) is 6.07 Å². The van der Waals surface area contributed by atoms with Crippen LogP contribution >= 0.6 is 0 Å². The molecule has 0 aliphatic carbocycles. The molecule has 0 aromatic carbocycles. The Morgan fingerprint density at radius 3 is 2.47 bits per heavy atom. The number of rotatable bonds is 4. The molecule has 0 aliphatic heterocycles. The number of nitriles is 1. The predicted molar refractivity (Wildman–Crippen MR) is 51.7 cm³/mol. The molecule has 1 aromatic rings. The van der Waals surface area contributed by atoms with Crippen LogP contribution in [-0.4, -0.2) is 18.5 Å². The summed E-state index contributed by atoms with van der Waals surface area (Å²) in [4.78, 5) is 3.52. The van der Waals surface area contributed by atoms with Gasteiger partial charge in [-0.25, -0.2) is 13.8 Å². The van der Waals surface area contributed by atoms with Crippen LogP contribution in [0.3, 0.4) is 0 Å². The molecule has 0 atom stereocenters. The number of hydrogen-bond donors (Lipinski definition) is 0. The van der Waals surface area contributed by atoms with Crippen LogP contribution in [0.4, 0.5) is 22.0 Å². The number of halogens is 5. The van der Waals surface area contributed by atoms with E-state index >= 15 is 0 Å². The Labute approximate surface area is 104 Å². The number of methoxy groups -OCH3 is 1. The second kappa shape index (κ2) is 5.69. The standard InChI is InChI=1S/C10H7F5N2O2/c1-18-9-7(8(11)12)6(19-10(13,14)15)4-5(17-9)2-3-16/h4,8H,2H2,1H3. The lowest BCUT2D eigenvalue weighted by molar-refractivity contribution is -0.275. The summed E-state index contributed by atoms with van der Waals surface area (Å²) in [5, 5.41) is 8.44. The molecule has 0 aliphatic rings. The molecule has 1 rings (SSSR count). The highest BCUT2D eigenvalue weighted by Gasteiger charge is 2.35. The number of hydrogen-bond acceptors (Lipinski definition) is 4. The molecule has 0 spiro atoms. The van der Waals surface area contributed by atoms with Crippen molar-refractivity contribution in [1.29, 1.82) is 5.26 Å². The van der Waals surface area contributed by atoms with Crippen molar-refractivity contribution in [3.63, 3.8) is 0 Å². The van der Waals surface area contributed by atoms with Crippen LogP contribution in [0.1, 0.15) is 17.7 Å². The van der Waals surface area contributed by atoms with Gasteiger partial charge in [0, 0.05) is 6.07 Å². The van der Waals surface area contributed by atoms with E-state index in [4.69, 9.17) is 5.26 Å². The molecule has 9 heteroatoms. The van der Waals surface area contributed by atoms with Crippen LogP contribution in [0.25, 0.3) is 0 Å². The summed E-state index contributed by atoms with van der Waals surface area (Å²) in [6, 6.07) is 2.27. The summed E-state index contributed by atoms with van der Waals surface area (Å²) in [6.45, 7) is 0. The van der Waals surface area contributed by atoms with Crippen molar-refractivity contribution in [2.45, 2.75) is 19.2 Å². The summed E-state index contributed by atoms with van der Waals surface area (Å²) in [6.07, 6.45) is -8.77. The number of pyridine rings is 1. The maximum absolute atomic E-state index is 12.7. The van der Waals surface area contributed by atoms with E-state index in [0.29, 0.717) is 6.07 Å². The zero-order chi connectivity index (χ0) is 14.6. The quantitative estimate of drug-likeness (QED) is 0.797. The molecule has 104 valence electrons. The van der Waals surface area contributed by atoms with Crippen LogP contribution in [-0.2, 0) is 6.42 Å². The minimum atomic E-state index is -5.14. The van der Waals surface area contributed by atoms with Gasteiger partial charge < -0.3 is 9.47 Å². The smallest absolute Gasteiger partial charge is 0.481 e. The minimum absolute atomic E-state index is 0.164. The second-order valence-corrected chi connectivity index (χ2v) is 3.22. The normalized spacial score (nSPS) is 11.3. The van der Waals surface area contributed by atoms with Gasteiger partial charge in [0.15, 0.2) is 0 Å². The van der Waals surface area contributed by atoms with Crippen LogP contribution in [0.2, 0.25) is 0 Å². The minimum Gasteiger partial charge on any atom is -0.481 e. The molecule has 1 heterocycles. The van der Waals surface area contributed by atoms with Crippen molar-refractivity contribution >= 4 is 0 Å². The Kier molecular flexibility index (Phi) is 4.47. The van der Waals surface area contributed by atoms with Crippen molar-refractivity contribution in [3.05, 3.63) is 17.3 Å². The highest BCUT2D eigenvalue weighted by Crippen LogP contribution is 2.38. The molecular weight excluding hydrogens is 275 g/mol. The van der Waals surface area contributed by atoms with Gasteiger partial charge in [0.2, 0.25) is 5.88 Å². The molecule has 0 saturated carbocycles. The van der Waals surface area contributed by atoms with E-state index in [9.17, 15) is 22.0 Å². The average molecular weight is 282 g/mol. The number of aromatic nitrogens is 1. The summed E-state index contributed by atoms with van der Waals surface area (Å²) in [5.41, 5.74) is -1.27. The topological polar surface area (TPSA) is 55.1 Å². The summed E-state index contributed by atoms with van der Waals surface area (Å²) in [7, 11) is 0.974. The van der Waals surface area contributed by atoms with Crippen molar-refractivity contribution < 1.29 is 31.4 Å². The SMILES string of the molecule is COc1nc(CC#N)cc(OC(F)(F)F)c1C(F)F.